The largest absolute Gasteiger partial charge is 0.131 e. The first-order chi connectivity index (χ1) is 10.0. The van der Waals surface area contributed by atoms with Crippen LogP contribution in [0.5, 0.6) is 0 Å². The molecule has 2 aromatic carbocycles. The second kappa shape index (κ2) is 5.71. The minimum Gasteiger partial charge on any atom is -0.0622 e. The minimum absolute atomic E-state index is 1.28. The third kappa shape index (κ3) is 2.52. The molecular formula is C18H16Br2Si. The smallest absolute Gasteiger partial charge is 0.0622 e. The van der Waals surface area contributed by atoms with Gasteiger partial charge in [0.2, 0.25) is 0 Å². The van der Waals surface area contributed by atoms with Crippen LogP contribution in [0.3, 0.4) is 0 Å². The molecule has 21 heavy (non-hydrogen) atoms. The third-order valence-electron chi connectivity index (χ3n) is 3.91. The van der Waals surface area contributed by atoms with Crippen LogP contribution < -0.4 is 0 Å². The van der Waals surface area contributed by atoms with Crippen molar-refractivity contribution in [1.82, 2.24) is 0 Å². The molecule has 0 saturated heterocycles. The Morgan fingerprint density at radius 2 is 0.952 bits per heavy atom. The maximum Gasteiger partial charge on any atom is 0.131 e. The molecule has 0 spiro atoms. The molecule has 0 saturated carbocycles. The Labute approximate surface area is 143 Å². The number of benzene rings is 2. The predicted molar refractivity (Wildman–Crippen MR) is 102 cm³/mol. The Balaban J connectivity index is 2.27. The molecule has 2 aromatic rings. The van der Waals surface area contributed by atoms with Crippen LogP contribution in [-0.2, 0) is 0 Å². The molecule has 106 valence electrons. The highest BCUT2D eigenvalue weighted by Gasteiger charge is 2.40. The van der Waals surface area contributed by atoms with Gasteiger partial charge in [0.05, 0.1) is 0 Å². The van der Waals surface area contributed by atoms with Crippen molar-refractivity contribution in [2.75, 3.05) is 0 Å². The fourth-order valence-corrected chi connectivity index (χ4v) is 7.52. The van der Waals surface area contributed by atoms with Crippen LogP contribution in [0.2, 0.25) is 13.1 Å². The summed E-state index contributed by atoms with van der Waals surface area (Å²) in [5, 5.41) is 0. The summed E-state index contributed by atoms with van der Waals surface area (Å²) in [7, 11) is -1.65. The van der Waals surface area contributed by atoms with Gasteiger partial charge < -0.3 is 0 Å². The van der Waals surface area contributed by atoms with Crippen LogP contribution in [-0.4, -0.2) is 8.07 Å². The Bertz CT molecular complexity index is 665. The van der Waals surface area contributed by atoms with E-state index in [-0.39, 0.29) is 0 Å². The van der Waals surface area contributed by atoms with Crippen molar-refractivity contribution >= 4 is 51.1 Å². The monoisotopic (exact) mass is 418 g/mol. The van der Waals surface area contributed by atoms with E-state index in [2.05, 4.69) is 106 Å². The molecule has 1 aliphatic heterocycles. The van der Waals surface area contributed by atoms with Crippen LogP contribution in [0, 0.1) is 0 Å². The first kappa shape index (κ1) is 15.0. The van der Waals surface area contributed by atoms with Crippen molar-refractivity contribution in [3.63, 3.8) is 0 Å². The number of allylic oxidation sites excluding steroid dienone is 2. The summed E-state index contributed by atoms with van der Waals surface area (Å²) in [6.45, 7) is 4.75. The van der Waals surface area contributed by atoms with E-state index in [1.807, 2.05) is 0 Å². The van der Waals surface area contributed by atoms with E-state index in [0.717, 1.165) is 0 Å². The lowest BCUT2D eigenvalue weighted by Gasteiger charge is -2.17. The quantitative estimate of drug-likeness (QED) is 0.494. The second-order valence-corrected chi connectivity index (χ2v) is 13.0. The number of hydrogen-bond donors (Lipinski definition) is 0. The molecule has 1 heterocycles. The molecule has 0 atom stereocenters. The Kier molecular flexibility index (Phi) is 4.08. The van der Waals surface area contributed by atoms with E-state index in [1.165, 1.54) is 30.5 Å². The van der Waals surface area contributed by atoms with Gasteiger partial charge in [-0.1, -0.05) is 106 Å². The van der Waals surface area contributed by atoms with Crippen molar-refractivity contribution < 1.29 is 0 Å². The van der Waals surface area contributed by atoms with Crippen LogP contribution in [0.4, 0.5) is 0 Å². The van der Waals surface area contributed by atoms with Gasteiger partial charge in [0, 0.05) is 0 Å². The first-order valence-corrected chi connectivity index (χ1v) is 11.5. The highest BCUT2D eigenvalue weighted by molar-refractivity contribution is 9.14. The maximum absolute atomic E-state index is 3.91. The summed E-state index contributed by atoms with van der Waals surface area (Å²) in [5.41, 5.74) is 5.23. The Morgan fingerprint density at radius 3 is 1.29 bits per heavy atom. The minimum atomic E-state index is -1.65. The molecule has 3 rings (SSSR count). The van der Waals surface area contributed by atoms with Gasteiger partial charge in [-0.3, -0.25) is 0 Å². The van der Waals surface area contributed by atoms with Gasteiger partial charge in [-0.2, -0.15) is 0 Å². The summed E-state index contributed by atoms with van der Waals surface area (Å²) in [6, 6.07) is 21.3. The van der Waals surface area contributed by atoms with E-state index >= 15 is 0 Å². The Morgan fingerprint density at radius 1 is 0.619 bits per heavy atom. The summed E-state index contributed by atoms with van der Waals surface area (Å²) >= 11 is 7.82. The SMILES string of the molecule is C[Si]1(C)C(Br)=C(c2ccccc2)C(c2ccccc2)=C1Br. The highest BCUT2D eigenvalue weighted by atomic mass is 79.9. The maximum atomic E-state index is 3.91. The molecule has 0 nitrogen and oxygen atoms in total. The van der Waals surface area contributed by atoms with Crippen LogP contribution in [0.1, 0.15) is 11.1 Å². The molecule has 3 heteroatoms. The van der Waals surface area contributed by atoms with Gasteiger partial charge >= 0.3 is 0 Å². The zero-order chi connectivity index (χ0) is 15.0. The van der Waals surface area contributed by atoms with Crippen molar-refractivity contribution in [2.45, 2.75) is 13.1 Å². The van der Waals surface area contributed by atoms with Crippen molar-refractivity contribution in [3.05, 3.63) is 80.0 Å². The van der Waals surface area contributed by atoms with E-state index in [1.54, 1.807) is 0 Å². The van der Waals surface area contributed by atoms with E-state index in [0.29, 0.717) is 0 Å². The molecule has 0 amide bonds. The van der Waals surface area contributed by atoms with Crippen molar-refractivity contribution in [2.24, 2.45) is 0 Å². The number of hydrogen-bond acceptors (Lipinski definition) is 0. The summed E-state index contributed by atoms with van der Waals surface area (Å²) < 4.78 is 2.74. The van der Waals surface area contributed by atoms with E-state index in [9.17, 15) is 0 Å². The van der Waals surface area contributed by atoms with E-state index < -0.39 is 8.07 Å². The molecular weight excluding hydrogens is 404 g/mol. The number of halogens is 2. The molecule has 0 aromatic heterocycles. The standard InChI is InChI=1S/C18H16Br2Si/c1-21(2)17(19)15(13-9-5-3-6-10-13)16(18(21)20)14-11-7-4-8-12-14/h3-12H,1-2H3. The van der Waals surface area contributed by atoms with Gasteiger partial charge in [-0.05, 0) is 30.5 Å². The summed E-state index contributed by atoms with van der Waals surface area (Å²) in [5.74, 6) is 0. The second-order valence-electron chi connectivity index (χ2n) is 5.74. The van der Waals surface area contributed by atoms with Gasteiger partial charge in [0.25, 0.3) is 0 Å². The molecule has 0 unspecified atom stereocenters. The fourth-order valence-electron chi connectivity index (χ4n) is 2.69. The normalized spacial score (nSPS) is 17.5. The van der Waals surface area contributed by atoms with Crippen molar-refractivity contribution in [3.8, 4) is 0 Å². The molecule has 0 N–H and O–H groups in total. The van der Waals surface area contributed by atoms with Gasteiger partial charge in [0.15, 0.2) is 0 Å². The average Bonchev–Trinajstić information content (AvgIpc) is 2.69. The molecule has 1 aliphatic rings. The lowest BCUT2D eigenvalue weighted by molar-refractivity contribution is 1.59. The zero-order valence-electron chi connectivity index (χ0n) is 12.0. The lowest BCUT2D eigenvalue weighted by Crippen LogP contribution is -2.24. The molecule has 0 aliphatic carbocycles. The van der Waals surface area contributed by atoms with Crippen LogP contribution >= 0.6 is 31.9 Å². The van der Waals surface area contributed by atoms with Crippen molar-refractivity contribution in [1.29, 1.82) is 0 Å². The molecule has 0 bridgehead atoms. The molecule has 0 fully saturated rings. The summed E-state index contributed by atoms with van der Waals surface area (Å²) in [6.07, 6.45) is 0. The Hall–Kier alpha value is -0.903. The predicted octanol–water partition coefficient (Wildman–Crippen LogP) is 6.40. The topological polar surface area (TPSA) is 0 Å². The van der Waals surface area contributed by atoms with Crippen LogP contribution in [0.15, 0.2) is 68.9 Å². The van der Waals surface area contributed by atoms with E-state index in [4.69, 9.17) is 0 Å². The average molecular weight is 420 g/mol. The zero-order valence-corrected chi connectivity index (χ0v) is 16.2. The fraction of sp³-hybridized carbons (Fsp3) is 0.111. The molecule has 0 radical (unpaired) electrons. The number of rotatable bonds is 2. The highest BCUT2D eigenvalue weighted by Crippen LogP contribution is 2.52. The first-order valence-electron chi connectivity index (χ1n) is 6.95. The van der Waals surface area contributed by atoms with Crippen LogP contribution in [0.25, 0.3) is 11.1 Å². The third-order valence-corrected chi connectivity index (χ3v) is 13.3. The van der Waals surface area contributed by atoms with Gasteiger partial charge in [-0.25, -0.2) is 0 Å². The van der Waals surface area contributed by atoms with Gasteiger partial charge in [0.1, 0.15) is 8.07 Å². The lowest BCUT2D eigenvalue weighted by atomic mass is 9.95. The summed E-state index contributed by atoms with van der Waals surface area (Å²) in [4.78, 5) is 0. The van der Waals surface area contributed by atoms with Gasteiger partial charge in [-0.15, -0.1) is 0 Å².